The number of nitrogens with one attached hydrogen (secondary N) is 1. The van der Waals surface area contributed by atoms with Crippen molar-refractivity contribution in [3.05, 3.63) is 71.5 Å². The van der Waals surface area contributed by atoms with Crippen molar-refractivity contribution in [2.75, 3.05) is 6.54 Å². The molecule has 2 aromatic rings. The van der Waals surface area contributed by atoms with Crippen molar-refractivity contribution < 1.29 is 19.1 Å². The van der Waals surface area contributed by atoms with Crippen molar-refractivity contribution in [1.82, 2.24) is 5.32 Å². The smallest absolute Gasteiger partial charge is 0.312 e. The van der Waals surface area contributed by atoms with Crippen LogP contribution in [0.3, 0.4) is 0 Å². The van der Waals surface area contributed by atoms with Gasteiger partial charge >= 0.3 is 5.97 Å². The van der Waals surface area contributed by atoms with Gasteiger partial charge in [-0.2, -0.15) is 0 Å². The maximum Gasteiger partial charge on any atom is 0.312 e. The van der Waals surface area contributed by atoms with E-state index in [1.54, 1.807) is 62.4 Å². The molecule has 1 atom stereocenters. The first kappa shape index (κ1) is 17.7. The van der Waals surface area contributed by atoms with Gasteiger partial charge in [-0.15, -0.1) is 0 Å². The molecule has 0 aliphatic rings. The third-order valence-electron chi connectivity index (χ3n) is 4.08. The van der Waals surface area contributed by atoms with E-state index in [9.17, 15) is 19.1 Å². The van der Waals surface area contributed by atoms with Crippen LogP contribution in [0, 0.1) is 5.82 Å². The summed E-state index contributed by atoms with van der Waals surface area (Å²) in [5.41, 5.74) is -0.228. The zero-order chi connectivity index (χ0) is 17.7. The van der Waals surface area contributed by atoms with E-state index in [2.05, 4.69) is 5.32 Å². The van der Waals surface area contributed by atoms with Gasteiger partial charge in [-0.3, -0.25) is 9.59 Å². The molecule has 24 heavy (non-hydrogen) atoms. The Hall–Kier alpha value is -2.69. The molecule has 2 aromatic carbocycles. The summed E-state index contributed by atoms with van der Waals surface area (Å²) in [5, 5.41) is 12.0. The first-order valence-electron chi connectivity index (χ1n) is 7.65. The van der Waals surface area contributed by atoms with Gasteiger partial charge in [-0.25, -0.2) is 4.39 Å². The second-order valence-electron chi connectivity index (χ2n) is 6.12. The Morgan fingerprint density at radius 2 is 1.67 bits per heavy atom. The normalized spacial score (nSPS) is 12.5. The average Bonchev–Trinajstić information content (AvgIpc) is 2.55. The van der Waals surface area contributed by atoms with E-state index in [4.69, 9.17) is 0 Å². The number of amides is 1. The predicted molar refractivity (Wildman–Crippen MR) is 89.3 cm³/mol. The monoisotopic (exact) mass is 329 g/mol. The molecule has 0 unspecified atom stereocenters. The first-order valence-corrected chi connectivity index (χ1v) is 7.65. The van der Waals surface area contributed by atoms with Crippen LogP contribution < -0.4 is 5.32 Å². The van der Waals surface area contributed by atoms with Crippen LogP contribution in [-0.4, -0.2) is 23.5 Å². The second kappa shape index (κ2) is 7.25. The van der Waals surface area contributed by atoms with E-state index >= 15 is 0 Å². The Morgan fingerprint density at radius 3 is 2.25 bits per heavy atom. The van der Waals surface area contributed by atoms with Crippen LogP contribution in [0.25, 0.3) is 0 Å². The second-order valence-corrected chi connectivity index (χ2v) is 6.12. The standard InChI is InChI=1S/C19H20FNO3/c1-19(2,15-10-6-7-11-16(15)20)18(24)21-12-14(17(22)23)13-8-4-3-5-9-13/h3-11,14H,12H2,1-2H3,(H,21,24)(H,22,23)/t14-/m0/s1. The van der Waals surface area contributed by atoms with Gasteiger partial charge in [0, 0.05) is 12.1 Å². The highest BCUT2D eigenvalue weighted by Gasteiger charge is 2.33. The van der Waals surface area contributed by atoms with Gasteiger partial charge in [0.1, 0.15) is 5.82 Å². The molecule has 0 fully saturated rings. The Labute approximate surface area is 140 Å². The lowest BCUT2D eigenvalue weighted by molar-refractivity contribution is -0.138. The molecular weight excluding hydrogens is 309 g/mol. The molecule has 0 aliphatic carbocycles. The number of hydrogen-bond donors (Lipinski definition) is 2. The molecule has 0 aliphatic heterocycles. The fourth-order valence-electron chi connectivity index (χ4n) is 2.54. The van der Waals surface area contributed by atoms with Crippen LogP contribution in [0.2, 0.25) is 0 Å². The largest absolute Gasteiger partial charge is 0.481 e. The topological polar surface area (TPSA) is 66.4 Å². The van der Waals surface area contributed by atoms with Crippen LogP contribution in [0.5, 0.6) is 0 Å². The molecule has 126 valence electrons. The number of halogens is 1. The summed E-state index contributed by atoms with van der Waals surface area (Å²) in [6.45, 7) is 3.16. The SMILES string of the molecule is CC(C)(C(=O)NC[C@H](C(=O)O)c1ccccc1)c1ccccc1F. The van der Waals surface area contributed by atoms with Crippen molar-refractivity contribution in [1.29, 1.82) is 0 Å². The molecule has 4 nitrogen and oxygen atoms in total. The highest BCUT2D eigenvalue weighted by molar-refractivity contribution is 5.88. The molecular formula is C19H20FNO3. The zero-order valence-corrected chi connectivity index (χ0v) is 13.6. The van der Waals surface area contributed by atoms with Crippen LogP contribution in [0.1, 0.15) is 30.9 Å². The van der Waals surface area contributed by atoms with E-state index in [1.807, 2.05) is 0 Å². The van der Waals surface area contributed by atoms with Crippen LogP contribution in [0.15, 0.2) is 54.6 Å². The third-order valence-corrected chi connectivity index (χ3v) is 4.08. The van der Waals surface area contributed by atoms with Gasteiger partial charge in [-0.05, 0) is 25.5 Å². The minimum absolute atomic E-state index is 0.0595. The molecule has 2 rings (SSSR count). The fourth-order valence-corrected chi connectivity index (χ4v) is 2.54. The summed E-state index contributed by atoms with van der Waals surface area (Å²) < 4.78 is 14.0. The third kappa shape index (κ3) is 3.79. The molecule has 0 radical (unpaired) electrons. The summed E-state index contributed by atoms with van der Waals surface area (Å²) in [4.78, 5) is 24.0. The number of carbonyl (C=O) groups excluding carboxylic acids is 1. The Morgan fingerprint density at radius 1 is 1.08 bits per heavy atom. The number of benzene rings is 2. The number of hydrogen-bond acceptors (Lipinski definition) is 2. The van der Waals surface area contributed by atoms with Gasteiger partial charge in [0.05, 0.1) is 11.3 Å². The van der Waals surface area contributed by atoms with E-state index in [0.29, 0.717) is 5.56 Å². The maximum absolute atomic E-state index is 14.0. The Balaban J connectivity index is 2.14. The van der Waals surface area contributed by atoms with Gasteiger partial charge in [0.15, 0.2) is 0 Å². The molecule has 0 saturated heterocycles. The minimum atomic E-state index is -1.11. The van der Waals surface area contributed by atoms with E-state index in [1.165, 1.54) is 6.07 Å². The van der Waals surface area contributed by atoms with Gasteiger partial charge < -0.3 is 10.4 Å². The fraction of sp³-hybridized carbons (Fsp3) is 0.263. The lowest BCUT2D eigenvalue weighted by Gasteiger charge is -2.25. The van der Waals surface area contributed by atoms with Crippen molar-refractivity contribution >= 4 is 11.9 Å². The summed E-state index contributed by atoms with van der Waals surface area (Å²) in [5.74, 6) is -2.76. The molecule has 5 heteroatoms. The van der Waals surface area contributed by atoms with Crippen LogP contribution in [0.4, 0.5) is 4.39 Å². The van der Waals surface area contributed by atoms with Crippen molar-refractivity contribution in [2.24, 2.45) is 0 Å². The molecule has 0 saturated carbocycles. The van der Waals surface area contributed by atoms with Crippen molar-refractivity contribution in [2.45, 2.75) is 25.2 Å². The maximum atomic E-state index is 14.0. The zero-order valence-electron chi connectivity index (χ0n) is 13.6. The number of rotatable bonds is 6. The van der Waals surface area contributed by atoms with Crippen LogP contribution in [-0.2, 0) is 15.0 Å². The Kier molecular flexibility index (Phi) is 5.34. The number of carboxylic acid groups (broad SMARTS) is 1. The summed E-state index contributed by atoms with van der Waals surface area (Å²) in [7, 11) is 0. The van der Waals surface area contributed by atoms with Gasteiger partial charge in [0.25, 0.3) is 0 Å². The molecule has 0 bridgehead atoms. The summed E-state index contributed by atoms with van der Waals surface area (Å²) in [6.07, 6.45) is 0. The first-order chi connectivity index (χ1) is 11.3. The lowest BCUT2D eigenvalue weighted by atomic mass is 9.83. The predicted octanol–water partition coefficient (Wildman–Crippen LogP) is 3.09. The number of carbonyl (C=O) groups is 2. The molecule has 1 amide bonds. The Bertz CT molecular complexity index is 728. The van der Waals surface area contributed by atoms with E-state index < -0.39 is 29.0 Å². The van der Waals surface area contributed by atoms with Gasteiger partial charge in [-0.1, -0.05) is 48.5 Å². The number of aliphatic carboxylic acids is 1. The number of carboxylic acids is 1. The quantitative estimate of drug-likeness (QED) is 0.856. The summed E-state index contributed by atoms with van der Waals surface area (Å²) in [6, 6.07) is 14.8. The van der Waals surface area contributed by atoms with Gasteiger partial charge in [0.2, 0.25) is 5.91 Å². The lowest BCUT2D eigenvalue weighted by Crippen LogP contribution is -2.43. The van der Waals surface area contributed by atoms with Crippen LogP contribution >= 0.6 is 0 Å². The van der Waals surface area contributed by atoms with Crippen molar-refractivity contribution in [3.8, 4) is 0 Å². The van der Waals surface area contributed by atoms with Crippen molar-refractivity contribution in [3.63, 3.8) is 0 Å². The molecule has 2 N–H and O–H groups in total. The minimum Gasteiger partial charge on any atom is -0.481 e. The molecule has 0 spiro atoms. The highest BCUT2D eigenvalue weighted by atomic mass is 19.1. The van der Waals surface area contributed by atoms with E-state index in [0.717, 1.165) is 0 Å². The summed E-state index contributed by atoms with van der Waals surface area (Å²) >= 11 is 0. The van der Waals surface area contributed by atoms with E-state index in [-0.39, 0.29) is 12.1 Å². The highest BCUT2D eigenvalue weighted by Crippen LogP contribution is 2.26. The molecule has 0 heterocycles. The average molecular weight is 329 g/mol. The molecule has 0 aromatic heterocycles.